The van der Waals surface area contributed by atoms with Gasteiger partial charge in [-0.25, -0.2) is 4.79 Å². The van der Waals surface area contributed by atoms with Gasteiger partial charge in [0.15, 0.2) is 5.54 Å². The lowest BCUT2D eigenvalue weighted by Crippen LogP contribution is -2.48. The molecule has 2 N–H and O–H groups in total. The van der Waals surface area contributed by atoms with E-state index in [1.165, 1.54) is 0 Å². The average molecular weight is 546 g/mol. The number of anilines is 2. The third kappa shape index (κ3) is 4.63. The highest BCUT2D eigenvalue weighted by Crippen LogP contribution is 2.49. The molecule has 8 heteroatoms. The number of likely N-dealkylation sites (N-methyl/N-ethyl adjacent to an activating group) is 1. The molecule has 4 aromatic carbocycles. The fourth-order valence-corrected chi connectivity index (χ4v) is 5.46. The van der Waals surface area contributed by atoms with Crippen molar-refractivity contribution < 1.29 is 14.3 Å². The second kappa shape index (κ2) is 10.5. The first-order chi connectivity index (χ1) is 18.3. The summed E-state index contributed by atoms with van der Waals surface area (Å²) in [6, 6.07) is 27.3. The minimum Gasteiger partial charge on any atom is -0.410 e. The van der Waals surface area contributed by atoms with E-state index in [1.54, 1.807) is 48.5 Å². The van der Waals surface area contributed by atoms with Gasteiger partial charge in [0.2, 0.25) is 0 Å². The van der Waals surface area contributed by atoms with Gasteiger partial charge in [-0.05, 0) is 74.1 Å². The summed E-state index contributed by atoms with van der Waals surface area (Å²) in [6.07, 6.45) is -0.112. The molecule has 0 fully saturated rings. The van der Waals surface area contributed by atoms with E-state index in [-0.39, 0.29) is 5.91 Å². The van der Waals surface area contributed by atoms with E-state index in [1.807, 2.05) is 61.5 Å². The maximum absolute atomic E-state index is 13.6. The number of hydrogen-bond acceptors (Lipinski definition) is 4. The lowest BCUT2D eigenvalue weighted by molar-refractivity contribution is -0.124. The lowest BCUT2D eigenvalue weighted by atomic mass is 9.79. The largest absolute Gasteiger partial charge is 0.417 e. The zero-order valence-corrected chi connectivity index (χ0v) is 22.3. The molecule has 1 aliphatic rings. The van der Waals surface area contributed by atoms with Gasteiger partial charge in [0.25, 0.3) is 5.91 Å². The van der Waals surface area contributed by atoms with Gasteiger partial charge in [-0.15, -0.1) is 0 Å². The monoisotopic (exact) mass is 545 g/mol. The van der Waals surface area contributed by atoms with Crippen molar-refractivity contribution in [3.05, 3.63) is 123 Å². The van der Waals surface area contributed by atoms with Crippen LogP contribution in [0.1, 0.15) is 22.3 Å². The van der Waals surface area contributed by atoms with Crippen molar-refractivity contribution in [2.75, 3.05) is 24.7 Å². The fraction of sp³-hybridized carbons (Fsp3) is 0.133. The second-order valence-corrected chi connectivity index (χ2v) is 10.0. The van der Waals surface area contributed by atoms with E-state index in [9.17, 15) is 9.59 Å². The van der Waals surface area contributed by atoms with E-state index in [0.717, 1.165) is 16.7 Å². The highest BCUT2D eigenvalue weighted by Gasteiger charge is 2.52. The topological polar surface area (TPSA) is 70.7 Å². The first kappa shape index (κ1) is 25.8. The third-order valence-corrected chi connectivity index (χ3v) is 7.35. The van der Waals surface area contributed by atoms with Crippen LogP contribution in [0.4, 0.5) is 16.2 Å². The standard InChI is InChI=1S/C30H25Cl2N3O3/c1-35(2)30(23-10-6-7-11-25(23)32)27-22(24(31)16-17-26(27)34-28(30)36)18-19-12-14-20(15-13-19)33-29(37)38-21-8-4-3-5-9-21/h3-17H,18H2,1-2H3,(H,33,37)(H,34,36). The molecular formula is C30H25Cl2N3O3. The summed E-state index contributed by atoms with van der Waals surface area (Å²) >= 11 is 13.4. The van der Waals surface area contributed by atoms with Crippen molar-refractivity contribution >= 4 is 46.6 Å². The van der Waals surface area contributed by atoms with E-state index >= 15 is 0 Å². The summed E-state index contributed by atoms with van der Waals surface area (Å²) in [5.41, 5.74) is 3.37. The van der Waals surface area contributed by atoms with Gasteiger partial charge in [0.1, 0.15) is 5.75 Å². The van der Waals surface area contributed by atoms with Crippen LogP contribution in [0.2, 0.25) is 10.0 Å². The number of amides is 2. The minimum atomic E-state index is -1.16. The Bertz CT molecular complexity index is 1510. The molecular weight excluding hydrogens is 521 g/mol. The Hall–Kier alpha value is -3.84. The van der Waals surface area contributed by atoms with E-state index < -0.39 is 11.6 Å². The van der Waals surface area contributed by atoms with Crippen molar-refractivity contribution in [3.8, 4) is 5.75 Å². The van der Waals surface area contributed by atoms with E-state index in [0.29, 0.717) is 39.2 Å². The summed E-state index contributed by atoms with van der Waals surface area (Å²) in [6.45, 7) is 0. The van der Waals surface area contributed by atoms with Gasteiger partial charge >= 0.3 is 6.09 Å². The Labute approximate surface area is 231 Å². The van der Waals surface area contributed by atoms with Gasteiger partial charge in [-0.2, -0.15) is 0 Å². The van der Waals surface area contributed by atoms with Crippen LogP contribution in [0, 0.1) is 0 Å². The first-order valence-electron chi connectivity index (χ1n) is 12.0. The third-order valence-electron chi connectivity index (χ3n) is 6.66. The first-order valence-corrected chi connectivity index (χ1v) is 12.7. The zero-order valence-electron chi connectivity index (χ0n) is 20.8. The number of carbonyl (C=O) groups excluding carboxylic acids is 2. The van der Waals surface area contributed by atoms with Gasteiger partial charge < -0.3 is 10.1 Å². The van der Waals surface area contributed by atoms with Crippen LogP contribution in [-0.4, -0.2) is 31.0 Å². The molecule has 0 radical (unpaired) electrons. The molecule has 2 amide bonds. The summed E-state index contributed by atoms with van der Waals surface area (Å²) in [5.74, 6) is 0.269. The Morgan fingerprint density at radius 3 is 2.26 bits per heavy atom. The number of para-hydroxylation sites is 1. The molecule has 1 atom stereocenters. The van der Waals surface area contributed by atoms with Gasteiger partial charge in [-0.1, -0.05) is 71.7 Å². The van der Waals surface area contributed by atoms with Crippen LogP contribution >= 0.6 is 23.2 Å². The SMILES string of the molecule is CN(C)C1(c2ccccc2Cl)C(=O)Nc2ccc(Cl)c(Cc3ccc(NC(=O)Oc4ccccc4)cc3)c21. The van der Waals surface area contributed by atoms with Gasteiger partial charge in [-0.3, -0.25) is 15.0 Å². The molecule has 1 heterocycles. The Kier molecular flexibility index (Phi) is 7.13. The molecule has 4 aromatic rings. The maximum atomic E-state index is 13.6. The Morgan fingerprint density at radius 2 is 1.58 bits per heavy atom. The Balaban J connectivity index is 1.47. The Morgan fingerprint density at radius 1 is 0.895 bits per heavy atom. The molecule has 0 aromatic heterocycles. The van der Waals surface area contributed by atoms with Crippen LogP contribution in [0.3, 0.4) is 0 Å². The molecule has 5 rings (SSSR count). The predicted octanol–water partition coefficient (Wildman–Crippen LogP) is 6.95. The number of carbonyl (C=O) groups is 2. The number of rotatable bonds is 6. The second-order valence-electron chi connectivity index (χ2n) is 9.19. The average Bonchev–Trinajstić information content (AvgIpc) is 3.20. The molecule has 0 saturated heterocycles. The molecule has 1 unspecified atom stereocenters. The predicted molar refractivity (Wildman–Crippen MR) is 151 cm³/mol. The molecule has 0 bridgehead atoms. The number of halogens is 2. The van der Waals surface area contributed by atoms with Crippen molar-refractivity contribution in [3.63, 3.8) is 0 Å². The highest BCUT2D eigenvalue weighted by atomic mass is 35.5. The number of fused-ring (bicyclic) bond motifs is 1. The number of hydrogen-bond donors (Lipinski definition) is 2. The van der Waals surface area contributed by atoms with Crippen molar-refractivity contribution in [1.82, 2.24) is 4.90 Å². The normalized spacial score (nSPS) is 16.2. The number of nitrogens with one attached hydrogen (secondary N) is 2. The molecule has 6 nitrogen and oxygen atoms in total. The molecule has 0 aliphatic carbocycles. The zero-order chi connectivity index (χ0) is 26.9. The van der Waals surface area contributed by atoms with E-state index in [4.69, 9.17) is 27.9 Å². The summed E-state index contributed by atoms with van der Waals surface area (Å²) < 4.78 is 5.30. The van der Waals surface area contributed by atoms with Gasteiger partial charge in [0.05, 0.1) is 0 Å². The molecule has 0 saturated carbocycles. The minimum absolute atomic E-state index is 0.189. The summed E-state index contributed by atoms with van der Waals surface area (Å²) in [4.78, 5) is 27.8. The summed E-state index contributed by atoms with van der Waals surface area (Å²) in [5, 5.41) is 6.81. The molecule has 1 aliphatic heterocycles. The quantitative estimate of drug-likeness (QED) is 0.275. The summed E-state index contributed by atoms with van der Waals surface area (Å²) in [7, 11) is 3.72. The maximum Gasteiger partial charge on any atom is 0.417 e. The smallest absolute Gasteiger partial charge is 0.410 e. The lowest BCUT2D eigenvalue weighted by Gasteiger charge is -2.37. The van der Waals surface area contributed by atoms with Crippen LogP contribution < -0.4 is 15.4 Å². The molecule has 192 valence electrons. The van der Waals surface area contributed by atoms with Crippen molar-refractivity contribution in [2.24, 2.45) is 0 Å². The fourth-order valence-electron chi connectivity index (χ4n) is 4.97. The molecule has 0 spiro atoms. The highest BCUT2D eigenvalue weighted by molar-refractivity contribution is 6.33. The van der Waals surface area contributed by atoms with Crippen LogP contribution in [-0.2, 0) is 16.8 Å². The molecule has 38 heavy (non-hydrogen) atoms. The van der Waals surface area contributed by atoms with E-state index in [2.05, 4.69) is 10.6 Å². The van der Waals surface area contributed by atoms with Crippen LogP contribution in [0.15, 0.2) is 91.0 Å². The number of ether oxygens (including phenoxy) is 1. The number of nitrogens with zero attached hydrogens (tertiary/aromatic N) is 1. The van der Waals surface area contributed by atoms with Crippen molar-refractivity contribution in [1.29, 1.82) is 0 Å². The number of benzene rings is 4. The van der Waals surface area contributed by atoms with Crippen LogP contribution in [0.5, 0.6) is 5.75 Å². The van der Waals surface area contributed by atoms with Crippen molar-refractivity contribution in [2.45, 2.75) is 12.0 Å². The van der Waals surface area contributed by atoms with Crippen LogP contribution in [0.25, 0.3) is 0 Å². The van der Waals surface area contributed by atoms with Gasteiger partial charge in [0, 0.05) is 32.5 Å².